The van der Waals surface area contributed by atoms with E-state index < -0.39 is 0 Å². The Morgan fingerprint density at radius 2 is 1.47 bits per heavy atom. The van der Waals surface area contributed by atoms with Gasteiger partial charge in [-0.2, -0.15) is 0 Å². The zero-order valence-corrected chi connectivity index (χ0v) is 17.0. The first kappa shape index (κ1) is 21.1. The van der Waals surface area contributed by atoms with Crippen LogP contribution < -0.4 is 9.47 Å². The lowest BCUT2D eigenvalue weighted by atomic mass is 10.1. The quantitative estimate of drug-likeness (QED) is 0.261. The summed E-state index contributed by atoms with van der Waals surface area (Å²) >= 11 is 0. The number of hydrogen-bond acceptors (Lipinski definition) is 5. The minimum absolute atomic E-state index is 0.310. The summed E-state index contributed by atoms with van der Waals surface area (Å²) in [5.41, 5.74) is 3.85. The van der Waals surface area contributed by atoms with Gasteiger partial charge in [-0.25, -0.2) is 0 Å². The van der Waals surface area contributed by atoms with Crippen LogP contribution in [0.25, 0.3) is 0 Å². The number of nitrogens with zero attached hydrogens (tertiary/aromatic N) is 1. The molecule has 0 unspecified atom stereocenters. The molecule has 0 spiro atoms. The van der Waals surface area contributed by atoms with E-state index in [1.54, 1.807) is 0 Å². The van der Waals surface area contributed by atoms with Gasteiger partial charge < -0.3 is 19.1 Å². The van der Waals surface area contributed by atoms with Gasteiger partial charge in [-0.3, -0.25) is 0 Å². The third-order valence-electron chi connectivity index (χ3n) is 4.49. The standard InChI is InChI=1S/C25H25NO4/c1-28-26-25(22-7-3-2-4-8-22)19-30-24-15-11-21(12-16-24)18-29-23-13-9-20(10-14-23)6-5-17-27/h2-4,7-17H,5-6,18-19H2,1H3/b26-25-. The molecule has 0 aliphatic rings. The van der Waals surface area contributed by atoms with E-state index in [-0.39, 0.29) is 0 Å². The maximum Gasteiger partial charge on any atom is 0.134 e. The molecule has 3 aromatic rings. The highest BCUT2D eigenvalue weighted by Gasteiger charge is 2.06. The van der Waals surface area contributed by atoms with E-state index in [1.807, 2.05) is 78.9 Å². The van der Waals surface area contributed by atoms with Crippen LogP contribution in [0.3, 0.4) is 0 Å². The molecule has 5 heteroatoms. The highest BCUT2D eigenvalue weighted by molar-refractivity contribution is 6.01. The van der Waals surface area contributed by atoms with E-state index in [1.165, 1.54) is 7.11 Å². The summed E-state index contributed by atoms with van der Waals surface area (Å²) in [6.45, 7) is 0.776. The number of oxime groups is 1. The Morgan fingerprint density at radius 1 is 0.833 bits per heavy atom. The van der Waals surface area contributed by atoms with Crippen LogP contribution in [-0.4, -0.2) is 25.7 Å². The van der Waals surface area contributed by atoms with Gasteiger partial charge in [0.05, 0.1) is 0 Å². The van der Waals surface area contributed by atoms with Gasteiger partial charge in [-0.05, 0) is 41.8 Å². The SMILES string of the molecule is CO/N=C(/COc1ccc(COc2ccc(CCC=O)cc2)cc1)c1ccccc1. The summed E-state index contributed by atoms with van der Waals surface area (Å²) in [7, 11) is 1.52. The first-order valence-corrected chi connectivity index (χ1v) is 9.81. The van der Waals surface area contributed by atoms with Crippen LogP contribution in [0.1, 0.15) is 23.1 Å². The molecular formula is C25H25NO4. The van der Waals surface area contributed by atoms with Crippen molar-refractivity contribution >= 4 is 12.0 Å². The molecule has 0 bridgehead atoms. The Hall–Kier alpha value is -3.60. The molecule has 0 fully saturated rings. The number of hydrogen-bond donors (Lipinski definition) is 0. The summed E-state index contributed by atoms with van der Waals surface area (Å²) in [4.78, 5) is 15.4. The molecule has 0 aliphatic heterocycles. The van der Waals surface area contributed by atoms with Gasteiger partial charge in [0, 0.05) is 12.0 Å². The molecule has 0 heterocycles. The maximum absolute atomic E-state index is 10.5. The lowest BCUT2D eigenvalue weighted by Crippen LogP contribution is -2.13. The molecule has 0 saturated heterocycles. The van der Waals surface area contributed by atoms with Crippen LogP contribution >= 0.6 is 0 Å². The fourth-order valence-corrected chi connectivity index (χ4v) is 2.88. The Balaban J connectivity index is 1.51. The van der Waals surface area contributed by atoms with Crippen molar-refractivity contribution in [2.45, 2.75) is 19.4 Å². The van der Waals surface area contributed by atoms with E-state index in [9.17, 15) is 4.79 Å². The van der Waals surface area contributed by atoms with Gasteiger partial charge in [0.1, 0.15) is 43.8 Å². The molecule has 30 heavy (non-hydrogen) atoms. The van der Waals surface area contributed by atoms with E-state index in [0.29, 0.717) is 19.6 Å². The zero-order valence-electron chi connectivity index (χ0n) is 17.0. The predicted octanol–water partition coefficient (Wildman–Crippen LogP) is 4.83. The fourth-order valence-electron chi connectivity index (χ4n) is 2.88. The molecule has 0 N–H and O–H groups in total. The van der Waals surface area contributed by atoms with Crippen molar-refractivity contribution in [1.82, 2.24) is 0 Å². The van der Waals surface area contributed by atoms with E-state index in [2.05, 4.69) is 5.16 Å². The molecule has 0 amide bonds. The lowest BCUT2D eigenvalue weighted by molar-refractivity contribution is -0.107. The number of aldehydes is 1. The number of carbonyl (C=O) groups excluding carboxylic acids is 1. The maximum atomic E-state index is 10.5. The predicted molar refractivity (Wildman–Crippen MR) is 117 cm³/mol. The molecule has 0 saturated carbocycles. The largest absolute Gasteiger partial charge is 0.489 e. The Morgan fingerprint density at radius 3 is 2.10 bits per heavy atom. The van der Waals surface area contributed by atoms with Gasteiger partial charge in [0.25, 0.3) is 0 Å². The van der Waals surface area contributed by atoms with E-state index in [4.69, 9.17) is 14.3 Å². The van der Waals surface area contributed by atoms with E-state index in [0.717, 1.165) is 46.6 Å². The molecule has 0 aromatic heterocycles. The molecule has 0 atom stereocenters. The van der Waals surface area contributed by atoms with Gasteiger partial charge in [-0.15, -0.1) is 0 Å². The number of rotatable bonds is 11. The van der Waals surface area contributed by atoms with Crippen molar-refractivity contribution in [2.75, 3.05) is 13.7 Å². The van der Waals surface area contributed by atoms with Crippen molar-refractivity contribution in [3.05, 3.63) is 95.6 Å². The number of ether oxygens (including phenoxy) is 2. The summed E-state index contributed by atoms with van der Waals surface area (Å²) < 4.78 is 11.7. The van der Waals surface area contributed by atoms with Crippen molar-refractivity contribution < 1.29 is 19.1 Å². The monoisotopic (exact) mass is 403 g/mol. The van der Waals surface area contributed by atoms with Crippen LogP contribution in [0.5, 0.6) is 11.5 Å². The van der Waals surface area contributed by atoms with Gasteiger partial charge in [-0.1, -0.05) is 59.8 Å². The molecule has 5 nitrogen and oxygen atoms in total. The van der Waals surface area contributed by atoms with Crippen molar-refractivity contribution in [3.8, 4) is 11.5 Å². The molecular weight excluding hydrogens is 378 g/mol. The van der Waals surface area contributed by atoms with Crippen LogP contribution in [0, 0.1) is 0 Å². The van der Waals surface area contributed by atoms with Gasteiger partial charge in [0.2, 0.25) is 0 Å². The van der Waals surface area contributed by atoms with Gasteiger partial charge in [0.15, 0.2) is 0 Å². The summed E-state index contributed by atoms with van der Waals surface area (Å²) in [6.07, 6.45) is 2.23. The third-order valence-corrected chi connectivity index (χ3v) is 4.49. The summed E-state index contributed by atoms with van der Waals surface area (Å²) in [5.74, 6) is 1.55. The molecule has 0 radical (unpaired) electrons. The second-order valence-corrected chi connectivity index (χ2v) is 6.66. The first-order valence-electron chi connectivity index (χ1n) is 9.81. The lowest BCUT2D eigenvalue weighted by Gasteiger charge is -2.10. The average molecular weight is 403 g/mol. The highest BCUT2D eigenvalue weighted by Crippen LogP contribution is 2.17. The second kappa shape index (κ2) is 11.4. The summed E-state index contributed by atoms with van der Waals surface area (Å²) in [6, 6.07) is 25.4. The van der Waals surface area contributed by atoms with Crippen molar-refractivity contribution in [1.29, 1.82) is 0 Å². The van der Waals surface area contributed by atoms with Crippen molar-refractivity contribution in [2.24, 2.45) is 5.16 Å². The Labute approximate surface area is 176 Å². The summed E-state index contributed by atoms with van der Waals surface area (Å²) in [5, 5.41) is 4.07. The molecule has 0 aliphatic carbocycles. The Kier molecular flexibility index (Phi) is 8.03. The van der Waals surface area contributed by atoms with Crippen LogP contribution in [0.2, 0.25) is 0 Å². The van der Waals surface area contributed by atoms with E-state index >= 15 is 0 Å². The van der Waals surface area contributed by atoms with Gasteiger partial charge >= 0.3 is 0 Å². The minimum Gasteiger partial charge on any atom is -0.489 e. The fraction of sp³-hybridized carbons (Fsp3) is 0.200. The average Bonchev–Trinajstić information content (AvgIpc) is 2.81. The second-order valence-electron chi connectivity index (χ2n) is 6.66. The highest BCUT2D eigenvalue weighted by atomic mass is 16.6. The number of benzene rings is 3. The number of aryl methyl sites for hydroxylation is 1. The first-order chi connectivity index (χ1) is 14.8. The Bertz CT molecular complexity index is 935. The van der Waals surface area contributed by atoms with Crippen LogP contribution in [-0.2, 0) is 22.7 Å². The van der Waals surface area contributed by atoms with Crippen LogP contribution in [0.15, 0.2) is 84.0 Å². The third kappa shape index (κ3) is 6.48. The van der Waals surface area contributed by atoms with Crippen LogP contribution in [0.4, 0.5) is 0 Å². The number of carbonyl (C=O) groups is 1. The van der Waals surface area contributed by atoms with Crippen molar-refractivity contribution in [3.63, 3.8) is 0 Å². The smallest absolute Gasteiger partial charge is 0.134 e. The molecule has 3 aromatic carbocycles. The topological polar surface area (TPSA) is 57.1 Å². The minimum atomic E-state index is 0.310. The molecule has 3 rings (SSSR count). The zero-order chi connectivity index (χ0) is 21.0. The normalized spacial score (nSPS) is 11.0. The molecule has 154 valence electrons.